The lowest BCUT2D eigenvalue weighted by atomic mass is 10.4. The van der Waals surface area contributed by atoms with E-state index in [0.717, 1.165) is 30.4 Å². The van der Waals surface area contributed by atoms with Crippen molar-refractivity contribution in [1.82, 2.24) is 20.1 Å². The highest BCUT2D eigenvalue weighted by atomic mass is 16.3. The summed E-state index contributed by atoms with van der Waals surface area (Å²) >= 11 is 0. The highest BCUT2D eigenvalue weighted by Crippen LogP contribution is 2.17. The van der Waals surface area contributed by atoms with Crippen LogP contribution < -0.4 is 5.32 Å². The second-order valence-electron chi connectivity index (χ2n) is 3.33. The molecule has 5 nitrogen and oxygen atoms in total. The van der Waals surface area contributed by atoms with Crippen LogP contribution in [-0.2, 0) is 13.5 Å². The molecule has 2 rings (SSSR count). The topological polar surface area (TPSA) is 55.9 Å². The SMILES string of the molecule is CNCCc1nnc(-c2ccco2)n1C. The maximum Gasteiger partial charge on any atom is 0.199 e. The molecule has 0 saturated carbocycles. The van der Waals surface area contributed by atoms with Crippen LogP contribution in [0, 0.1) is 0 Å². The smallest absolute Gasteiger partial charge is 0.199 e. The van der Waals surface area contributed by atoms with Crippen molar-refractivity contribution in [1.29, 1.82) is 0 Å². The first-order valence-electron chi connectivity index (χ1n) is 4.89. The van der Waals surface area contributed by atoms with Crippen LogP contribution in [0.5, 0.6) is 0 Å². The summed E-state index contributed by atoms with van der Waals surface area (Å²) < 4.78 is 7.23. The molecule has 15 heavy (non-hydrogen) atoms. The van der Waals surface area contributed by atoms with Gasteiger partial charge in [-0.3, -0.25) is 0 Å². The zero-order valence-electron chi connectivity index (χ0n) is 8.90. The third-order valence-electron chi connectivity index (χ3n) is 2.31. The van der Waals surface area contributed by atoms with Gasteiger partial charge in [0.1, 0.15) is 5.82 Å². The maximum atomic E-state index is 5.28. The fourth-order valence-corrected chi connectivity index (χ4v) is 1.44. The molecule has 2 heterocycles. The van der Waals surface area contributed by atoms with Gasteiger partial charge in [-0.25, -0.2) is 0 Å². The van der Waals surface area contributed by atoms with E-state index in [1.54, 1.807) is 6.26 Å². The van der Waals surface area contributed by atoms with Gasteiger partial charge < -0.3 is 14.3 Å². The second kappa shape index (κ2) is 4.27. The fraction of sp³-hybridized carbons (Fsp3) is 0.400. The summed E-state index contributed by atoms with van der Waals surface area (Å²) in [4.78, 5) is 0. The Hall–Kier alpha value is -1.62. The standard InChI is InChI=1S/C10H14N4O/c1-11-6-5-9-12-13-10(14(9)2)8-4-3-7-15-8/h3-4,7,11H,5-6H2,1-2H3. The van der Waals surface area contributed by atoms with Crippen LogP contribution in [0.2, 0.25) is 0 Å². The predicted molar refractivity (Wildman–Crippen MR) is 56.3 cm³/mol. The molecule has 0 saturated heterocycles. The first kappa shape index (κ1) is 9.92. The molecule has 0 aliphatic rings. The summed E-state index contributed by atoms with van der Waals surface area (Å²) in [6.45, 7) is 0.893. The van der Waals surface area contributed by atoms with Crippen molar-refractivity contribution in [2.45, 2.75) is 6.42 Å². The minimum atomic E-state index is 0.751. The number of furan rings is 1. The van der Waals surface area contributed by atoms with Gasteiger partial charge in [0.2, 0.25) is 0 Å². The molecule has 0 radical (unpaired) electrons. The first-order valence-corrected chi connectivity index (χ1v) is 4.89. The summed E-state index contributed by atoms with van der Waals surface area (Å²) in [5.41, 5.74) is 0. The van der Waals surface area contributed by atoms with E-state index in [9.17, 15) is 0 Å². The van der Waals surface area contributed by atoms with Crippen molar-refractivity contribution < 1.29 is 4.42 Å². The Morgan fingerprint density at radius 1 is 1.47 bits per heavy atom. The monoisotopic (exact) mass is 206 g/mol. The van der Waals surface area contributed by atoms with Gasteiger partial charge in [-0.05, 0) is 19.2 Å². The van der Waals surface area contributed by atoms with Crippen molar-refractivity contribution in [2.24, 2.45) is 7.05 Å². The summed E-state index contributed by atoms with van der Waals surface area (Å²) in [6, 6.07) is 3.73. The van der Waals surface area contributed by atoms with Gasteiger partial charge in [0.15, 0.2) is 11.6 Å². The van der Waals surface area contributed by atoms with Crippen LogP contribution in [0.25, 0.3) is 11.6 Å². The lowest BCUT2D eigenvalue weighted by Crippen LogP contribution is -2.13. The van der Waals surface area contributed by atoms with E-state index in [1.807, 2.05) is 30.8 Å². The van der Waals surface area contributed by atoms with E-state index < -0.39 is 0 Å². The Bertz CT molecular complexity index is 419. The Labute approximate surface area is 88.1 Å². The van der Waals surface area contributed by atoms with Crippen LogP contribution in [0.4, 0.5) is 0 Å². The van der Waals surface area contributed by atoms with Gasteiger partial charge in [-0.2, -0.15) is 0 Å². The average Bonchev–Trinajstić information content (AvgIpc) is 2.84. The van der Waals surface area contributed by atoms with Gasteiger partial charge in [-0.15, -0.1) is 10.2 Å². The minimum absolute atomic E-state index is 0.751. The Balaban J connectivity index is 2.24. The van der Waals surface area contributed by atoms with Crippen molar-refractivity contribution in [3.05, 3.63) is 24.2 Å². The summed E-state index contributed by atoms with van der Waals surface area (Å²) in [5.74, 6) is 2.47. The van der Waals surface area contributed by atoms with Crippen LogP contribution in [0.3, 0.4) is 0 Å². The quantitative estimate of drug-likeness (QED) is 0.805. The molecule has 80 valence electrons. The van der Waals surface area contributed by atoms with Crippen LogP contribution in [-0.4, -0.2) is 28.4 Å². The van der Waals surface area contributed by atoms with Crippen molar-refractivity contribution in [3.8, 4) is 11.6 Å². The average molecular weight is 206 g/mol. The van der Waals surface area contributed by atoms with Gasteiger partial charge in [0, 0.05) is 20.0 Å². The molecular weight excluding hydrogens is 192 g/mol. The molecule has 2 aromatic rings. The molecular formula is C10H14N4O. The third kappa shape index (κ3) is 1.92. The molecule has 2 aromatic heterocycles. The van der Waals surface area contributed by atoms with Gasteiger partial charge in [-0.1, -0.05) is 0 Å². The minimum Gasteiger partial charge on any atom is -0.461 e. The zero-order chi connectivity index (χ0) is 10.7. The van der Waals surface area contributed by atoms with Crippen LogP contribution in [0.15, 0.2) is 22.8 Å². The molecule has 0 amide bonds. The summed E-state index contributed by atoms with van der Waals surface area (Å²) in [5, 5.41) is 11.3. The number of nitrogens with one attached hydrogen (secondary N) is 1. The maximum absolute atomic E-state index is 5.28. The molecule has 0 fully saturated rings. The summed E-state index contributed by atoms with van der Waals surface area (Å²) in [6.07, 6.45) is 2.50. The molecule has 0 atom stereocenters. The molecule has 0 unspecified atom stereocenters. The van der Waals surface area contributed by atoms with Crippen LogP contribution >= 0.6 is 0 Å². The lowest BCUT2D eigenvalue weighted by molar-refractivity contribution is 0.572. The van der Waals surface area contributed by atoms with E-state index in [2.05, 4.69) is 15.5 Å². The largest absolute Gasteiger partial charge is 0.461 e. The van der Waals surface area contributed by atoms with Crippen molar-refractivity contribution in [2.75, 3.05) is 13.6 Å². The van der Waals surface area contributed by atoms with Gasteiger partial charge in [0.25, 0.3) is 0 Å². The predicted octanol–water partition coefficient (Wildman–Crippen LogP) is 0.837. The van der Waals surface area contributed by atoms with Crippen molar-refractivity contribution >= 4 is 0 Å². The van der Waals surface area contributed by atoms with E-state index in [1.165, 1.54) is 0 Å². The third-order valence-corrected chi connectivity index (χ3v) is 2.31. The molecule has 0 aliphatic heterocycles. The number of rotatable bonds is 4. The first-order chi connectivity index (χ1) is 7.33. The highest BCUT2D eigenvalue weighted by Gasteiger charge is 2.11. The normalized spacial score (nSPS) is 10.8. The summed E-state index contributed by atoms with van der Waals surface area (Å²) in [7, 11) is 3.87. The highest BCUT2D eigenvalue weighted by molar-refractivity contribution is 5.46. The molecule has 5 heteroatoms. The molecule has 0 bridgehead atoms. The Morgan fingerprint density at radius 2 is 2.33 bits per heavy atom. The number of hydrogen-bond acceptors (Lipinski definition) is 4. The van der Waals surface area contributed by atoms with Gasteiger partial charge >= 0.3 is 0 Å². The van der Waals surface area contributed by atoms with E-state index in [0.29, 0.717) is 0 Å². The fourth-order valence-electron chi connectivity index (χ4n) is 1.44. The Kier molecular flexibility index (Phi) is 2.82. The molecule has 0 aromatic carbocycles. The Morgan fingerprint density at radius 3 is 3.00 bits per heavy atom. The molecule has 0 aliphatic carbocycles. The number of nitrogens with zero attached hydrogens (tertiary/aromatic N) is 3. The van der Waals surface area contributed by atoms with E-state index in [-0.39, 0.29) is 0 Å². The van der Waals surface area contributed by atoms with Crippen molar-refractivity contribution in [3.63, 3.8) is 0 Å². The number of aromatic nitrogens is 3. The van der Waals surface area contributed by atoms with E-state index in [4.69, 9.17) is 4.42 Å². The number of likely N-dealkylation sites (N-methyl/N-ethyl adjacent to an activating group) is 1. The number of hydrogen-bond donors (Lipinski definition) is 1. The lowest BCUT2D eigenvalue weighted by Gasteiger charge is -2.01. The van der Waals surface area contributed by atoms with Gasteiger partial charge in [0.05, 0.1) is 6.26 Å². The second-order valence-corrected chi connectivity index (χ2v) is 3.33. The zero-order valence-corrected chi connectivity index (χ0v) is 8.90. The van der Waals surface area contributed by atoms with E-state index >= 15 is 0 Å². The molecule has 1 N–H and O–H groups in total. The molecule has 0 spiro atoms. The van der Waals surface area contributed by atoms with Crippen LogP contribution in [0.1, 0.15) is 5.82 Å².